The number of halogens is 1. The molecule has 0 bridgehead atoms. The number of piperidine rings is 1. The third-order valence-electron chi connectivity index (χ3n) is 4.43. The lowest BCUT2D eigenvalue weighted by molar-refractivity contribution is 0.130. The zero-order valence-corrected chi connectivity index (χ0v) is 13.5. The predicted molar refractivity (Wildman–Crippen MR) is 86.7 cm³/mol. The molecule has 3 heteroatoms. The average Bonchev–Trinajstić information content (AvgIpc) is 2.50. The van der Waals surface area contributed by atoms with Gasteiger partial charge < -0.3 is 5.32 Å². The molecule has 0 aromatic heterocycles. The minimum atomic E-state index is -0.0592. The van der Waals surface area contributed by atoms with Gasteiger partial charge in [-0.3, -0.25) is 4.90 Å². The lowest BCUT2D eigenvalue weighted by Gasteiger charge is -2.36. The highest BCUT2D eigenvalue weighted by atomic mass is 19.1. The summed E-state index contributed by atoms with van der Waals surface area (Å²) >= 11 is 0. The fourth-order valence-electron chi connectivity index (χ4n) is 3.28. The van der Waals surface area contributed by atoms with Gasteiger partial charge in [0.05, 0.1) is 0 Å². The van der Waals surface area contributed by atoms with Gasteiger partial charge in [-0.05, 0) is 44.0 Å². The van der Waals surface area contributed by atoms with Crippen LogP contribution in [0.3, 0.4) is 0 Å². The van der Waals surface area contributed by atoms with Gasteiger partial charge in [0.15, 0.2) is 0 Å². The largest absolute Gasteiger partial charge is 0.313 e. The van der Waals surface area contributed by atoms with Gasteiger partial charge in [-0.2, -0.15) is 0 Å². The molecule has 1 atom stereocenters. The van der Waals surface area contributed by atoms with E-state index in [1.807, 2.05) is 12.1 Å². The monoisotopic (exact) mass is 292 g/mol. The molecule has 1 unspecified atom stereocenters. The van der Waals surface area contributed by atoms with Crippen molar-refractivity contribution in [1.29, 1.82) is 0 Å². The van der Waals surface area contributed by atoms with Crippen LogP contribution >= 0.6 is 0 Å². The Labute approximate surface area is 128 Å². The van der Waals surface area contributed by atoms with Crippen LogP contribution in [-0.4, -0.2) is 24.0 Å². The first-order valence-corrected chi connectivity index (χ1v) is 8.46. The number of hydrogen-bond acceptors (Lipinski definition) is 2. The molecule has 1 fully saturated rings. The first-order chi connectivity index (χ1) is 10.2. The smallest absolute Gasteiger partial charge is 0.127 e. The van der Waals surface area contributed by atoms with Gasteiger partial charge in [-0.25, -0.2) is 4.39 Å². The zero-order chi connectivity index (χ0) is 15.1. The summed E-state index contributed by atoms with van der Waals surface area (Å²) in [6.45, 7) is 7.97. The van der Waals surface area contributed by atoms with Crippen LogP contribution in [0.2, 0.25) is 0 Å². The normalized spacial score (nSPS) is 19.9. The summed E-state index contributed by atoms with van der Waals surface area (Å²) in [6, 6.07) is 6.19. The van der Waals surface area contributed by atoms with Gasteiger partial charge in [-0.1, -0.05) is 38.8 Å². The van der Waals surface area contributed by atoms with Crippen molar-refractivity contribution >= 4 is 0 Å². The molecule has 1 saturated heterocycles. The molecule has 2 nitrogen and oxygen atoms in total. The fourth-order valence-corrected chi connectivity index (χ4v) is 3.28. The quantitative estimate of drug-likeness (QED) is 0.814. The van der Waals surface area contributed by atoms with Gasteiger partial charge in [0.25, 0.3) is 0 Å². The van der Waals surface area contributed by atoms with Crippen LogP contribution in [0, 0.1) is 5.82 Å². The summed E-state index contributed by atoms with van der Waals surface area (Å²) in [4.78, 5) is 2.49. The van der Waals surface area contributed by atoms with E-state index in [4.69, 9.17) is 0 Å². The average molecular weight is 292 g/mol. The Balaban J connectivity index is 2.05. The minimum Gasteiger partial charge on any atom is -0.313 e. The van der Waals surface area contributed by atoms with Gasteiger partial charge in [0, 0.05) is 24.7 Å². The van der Waals surface area contributed by atoms with Crippen molar-refractivity contribution in [3.63, 3.8) is 0 Å². The highest BCUT2D eigenvalue weighted by Gasteiger charge is 2.22. The second kappa shape index (κ2) is 8.50. The molecule has 1 heterocycles. The zero-order valence-electron chi connectivity index (χ0n) is 13.5. The third kappa shape index (κ3) is 4.79. The molecule has 118 valence electrons. The maximum atomic E-state index is 14.1. The highest BCUT2D eigenvalue weighted by molar-refractivity contribution is 5.25. The van der Waals surface area contributed by atoms with E-state index in [1.165, 1.54) is 37.7 Å². The van der Waals surface area contributed by atoms with E-state index in [0.29, 0.717) is 6.04 Å². The summed E-state index contributed by atoms with van der Waals surface area (Å²) in [5.74, 6) is -0.0592. The lowest BCUT2D eigenvalue weighted by Crippen LogP contribution is -2.39. The molecular formula is C18H29FN2. The number of rotatable bonds is 7. The topological polar surface area (TPSA) is 15.3 Å². The number of nitrogens with one attached hydrogen (secondary N) is 1. The van der Waals surface area contributed by atoms with E-state index in [2.05, 4.69) is 24.1 Å². The number of likely N-dealkylation sites (tertiary alicyclic amines) is 1. The van der Waals surface area contributed by atoms with Crippen molar-refractivity contribution in [2.45, 2.75) is 65.1 Å². The molecule has 0 spiro atoms. The molecule has 0 saturated carbocycles. The minimum absolute atomic E-state index is 0.0592. The molecule has 1 aromatic carbocycles. The Kier molecular flexibility index (Phi) is 6.65. The van der Waals surface area contributed by atoms with Crippen molar-refractivity contribution in [2.75, 3.05) is 13.1 Å². The summed E-state index contributed by atoms with van der Waals surface area (Å²) < 4.78 is 14.1. The van der Waals surface area contributed by atoms with Crippen LogP contribution in [-0.2, 0) is 13.1 Å². The Hall–Kier alpha value is -0.930. The van der Waals surface area contributed by atoms with Gasteiger partial charge in [-0.15, -0.1) is 0 Å². The van der Waals surface area contributed by atoms with E-state index in [-0.39, 0.29) is 5.82 Å². The Morgan fingerprint density at radius 2 is 2.14 bits per heavy atom. The molecular weight excluding hydrogens is 263 g/mol. The van der Waals surface area contributed by atoms with Gasteiger partial charge in [0.2, 0.25) is 0 Å². The van der Waals surface area contributed by atoms with E-state index in [0.717, 1.165) is 31.7 Å². The second-order valence-corrected chi connectivity index (χ2v) is 6.11. The van der Waals surface area contributed by atoms with E-state index in [1.54, 1.807) is 6.07 Å². The first kappa shape index (κ1) is 16.4. The van der Waals surface area contributed by atoms with Crippen LogP contribution in [0.1, 0.15) is 57.1 Å². The van der Waals surface area contributed by atoms with E-state index in [9.17, 15) is 4.39 Å². The van der Waals surface area contributed by atoms with Crippen molar-refractivity contribution in [2.24, 2.45) is 0 Å². The third-order valence-corrected chi connectivity index (χ3v) is 4.43. The summed E-state index contributed by atoms with van der Waals surface area (Å²) in [5, 5.41) is 3.31. The number of hydrogen-bond donors (Lipinski definition) is 1. The second-order valence-electron chi connectivity index (χ2n) is 6.11. The van der Waals surface area contributed by atoms with Crippen molar-refractivity contribution in [1.82, 2.24) is 10.2 Å². The molecule has 0 radical (unpaired) electrons. The van der Waals surface area contributed by atoms with Crippen molar-refractivity contribution < 1.29 is 4.39 Å². The van der Waals surface area contributed by atoms with Crippen molar-refractivity contribution in [3.05, 3.63) is 35.1 Å². The molecule has 21 heavy (non-hydrogen) atoms. The van der Waals surface area contributed by atoms with Crippen LogP contribution in [0.5, 0.6) is 0 Å². The predicted octanol–water partition coefficient (Wildman–Crippen LogP) is 4.09. The lowest BCUT2D eigenvalue weighted by atomic mass is 9.97. The molecule has 1 aliphatic heterocycles. The fraction of sp³-hybridized carbons (Fsp3) is 0.667. The molecule has 1 N–H and O–H groups in total. The van der Waals surface area contributed by atoms with Gasteiger partial charge in [0.1, 0.15) is 5.82 Å². The molecule has 1 aromatic rings. The van der Waals surface area contributed by atoms with Crippen LogP contribution in [0.4, 0.5) is 4.39 Å². The summed E-state index contributed by atoms with van der Waals surface area (Å²) in [7, 11) is 0. The van der Waals surface area contributed by atoms with Crippen molar-refractivity contribution in [3.8, 4) is 0 Å². The molecule has 2 rings (SSSR count). The maximum Gasteiger partial charge on any atom is 0.127 e. The molecule has 1 aliphatic rings. The SMILES string of the molecule is CCCC1CCCCN1Cc1cc(CNCC)ccc1F. The van der Waals surface area contributed by atoms with Gasteiger partial charge >= 0.3 is 0 Å². The number of nitrogens with zero attached hydrogens (tertiary/aromatic N) is 1. The van der Waals surface area contributed by atoms with Crippen LogP contribution in [0.15, 0.2) is 18.2 Å². The maximum absolute atomic E-state index is 14.1. The van der Waals surface area contributed by atoms with Crippen LogP contribution < -0.4 is 5.32 Å². The molecule has 0 amide bonds. The molecule has 0 aliphatic carbocycles. The summed E-state index contributed by atoms with van der Waals surface area (Å²) in [6.07, 6.45) is 6.29. The first-order valence-electron chi connectivity index (χ1n) is 8.46. The summed E-state index contributed by atoms with van der Waals surface area (Å²) in [5.41, 5.74) is 2.03. The van der Waals surface area contributed by atoms with E-state index >= 15 is 0 Å². The van der Waals surface area contributed by atoms with E-state index < -0.39 is 0 Å². The van der Waals surface area contributed by atoms with Crippen LogP contribution in [0.25, 0.3) is 0 Å². The Morgan fingerprint density at radius 1 is 1.29 bits per heavy atom. The highest BCUT2D eigenvalue weighted by Crippen LogP contribution is 2.24. The number of benzene rings is 1. The standard InChI is InChI=1S/C18H29FN2/c1-3-7-17-8-5-6-11-21(17)14-16-12-15(13-20-4-2)9-10-18(16)19/h9-10,12,17,20H,3-8,11,13-14H2,1-2H3. The Morgan fingerprint density at radius 3 is 2.90 bits per heavy atom. The Bertz CT molecular complexity index is 431.